The van der Waals surface area contributed by atoms with Crippen LogP contribution in [-0.4, -0.2) is 25.3 Å². The molecule has 2 rings (SSSR count). The van der Waals surface area contributed by atoms with Crippen molar-refractivity contribution in [2.45, 2.75) is 0 Å². The number of carboxylic acid groups (broad SMARTS) is 1. The zero-order chi connectivity index (χ0) is 12.3. The molecule has 0 aliphatic rings. The minimum Gasteiger partial charge on any atom is -0.478 e. The van der Waals surface area contributed by atoms with Crippen molar-refractivity contribution in [1.82, 2.24) is 0 Å². The molecule has 3 radical (unpaired) electrons. The molecule has 0 fully saturated rings. The lowest BCUT2D eigenvalue weighted by Crippen LogP contribution is -2.09. The monoisotopic (exact) mass is 237 g/mol. The number of ketones is 1. The second kappa shape index (κ2) is 5.82. The predicted octanol–water partition coefficient (Wildman–Crippen LogP) is 2.24. The number of carbonyl (C=O) groups is 2. The first kappa shape index (κ1) is 13.7. The average molecular weight is 237 g/mol. The molecule has 0 unspecified atom stereocenters. The Hall–Kier alpha value is -2.36. The summed E-state index contributed by atoms with van der Waals surface area (Å²) in [6.45, 7) is 0. The number of carbonyl (C=O) groups excluding carboxylic acids is 1. The van der Waals surface area contributed by atoms with E-state index in [0.29, 0.717) is 5.56 Å². The predicted molar refractivity (Wildman–Crippen MR) is 69.0 cm³/mol. The van der Waals surface area contributed by atoms with Gasteiger partial charge >= 0.3 is 5.97 Å². The Labute approximate surface area is 107 Å². The molecule has 3 nitrogen and oxygen atoms in total. The van der Waals surface area contributed by atoms with Gasteiger partial charge in [-0.1, -0.05) is 48.5 Å². The summed E-state index contributed by atoms with van der Waals surface area (Å²) in [5.41, 5.74) is 0.730. The fourth-order valence-electron chi connectivity index (χ4n) is 1.61. The molecule has 0 saturated heterocycles. The molecule has 2 aromatic rings. The number of rotatable bonds is 3. The van der Waals surface area contributed by atoms with E-state index in [9.17, 15) is 9.59 Å². The lowest BCUT2D eigenvalue weighted by Gasteiger charge is -2.04. The van der Waals surface area contributed by atoms with Crippen molar-refractivity contribution in [2.75, 3.05) is 0 Å². The van der Waals surface area contributed by atoms with Gasteiger partial charge in [0.2, 0.25) is 0 Å². The fourth-order valence-corrected chi connectivity index (χ4v) is 1.61. The summed E-state index contributed by atoms with van der Waals surface area (Å²) >= 11 is 0. The van der Waals surface area contributed by atoms with Gasteiger partial charge in [0.05, 0.1) is 5.56 Å². The Morgan fingerprint density at radius 1 is 0.778 bits per heavy atom. The van der Waals surface area contributed by atoms with E-state index < -0.39 is 5.97 Å². The summed E-state index contributed by atoms with van der Waals surface area (Å²) in [7, 11) is 0. The Morgan fingerprint density at radius 3 is 1.83 bits per heavy atom. The van der Waals surface area contributed by atoms with E-state index in [1.165, 1.54) is 12.1 Å². The molecule has 0 spiro atoms. The number of aromatic carboxylic acids is 1. The third-order valence-corrected chi connectivity index (χ3v) is 2.44. The molecule has 1 N–H and O–H groups in total. The van der Waals surface area contributed by atoms with Crippen molar-refractivity contribution in [3.63, 3.8) is 0 Å². The van der Waals surface area contributed by atoms with Crippen LogP contribution in [0.5, 0.6) is 0 Å². The largest absolute Gasteiger partial charge is 0.478 e. The Kier molecular flexibility index (Phi) is 4.43. The molecule has 18 heavy (non-hydrogen) atoms. The van der Waals surface area contributed by atoms with E-state index in [4.69, 9.17) is 5.11 Å². The Morgan fingerprint density at radius 2 is 1.28 bits per heavy atom. The van der Waals surface area contributed by atoms with Gasteiger partial charge in [-0.05, 0) is 6.07 Å². The molecule has 0 aromatic heterocycles. The normalized spacial score (nSPS) is 9.33. The highest BCUT2D eigenvalue weighted by Gasteiger charge is 2.16. The standard InChI is InChI=1S/C14H10O3.B/c15-13(10-6-2-1-3-7-10)11-8-4-5-9-12(11)14(16)17;/h1-9H,(H,16,17);. The molecule has 0 amide bonds. The van der Waals surface area contributed by atoms with Crippen molar-refractivity contribution in [1.29, 1.82) is 0 Å². The van der Waals surface area contributed by atoms with Crippen LogP contribution in [0, 0.1) is 0 Å². The van der Waals surface area contributed by atoms with E-state index in [1.807, 2.05) is 0 Å². The van der Waals surface area contributed by atoms with Crippen LogP contribution in [0.4, 0.5) is 0 Å². The minimum absolute atomic E-state index is 0. The van der Waals surface area contributed by atoms with Gasteiger partial charge in [-0.25, -0.2) is 4.79 Å². The Bertz CT molecular complexity index is 564. The van der Waals surface area contributed by atoms with Crippen LogP contribution in [0.25, 0.3) is 0 Å². The van der Waals surface area contributed by atoms with Crippen molar-refractivity contribution < 1.29 is 14.7 Å². The highest BCUT2D eigenvalue weighted by molar-refractivity contribution is 6.14. The van der Waals surface area contributed by atoms with E-state index in [2.05, 4.69) is 0 Å². The van der Waals surface area contributed by atoms with Crippen LogP contribution < -0.4 is 0 Å². The van der Waals surface area contributed by atoms with Gasteiger partial charge in [0.15, 0.2) is 5.78 Å². The van der Waals surface area contributed by atoms with Gasteiger partial charge in [-0.2, -0.15) is 0 Å². The van der Waals surface area contributed by atoms with Crippen molar-refractivity contribution in [3.05, 3.63) is 71.3 Å². The van der Waals surface area contributed by atoms with Gasteiger partial charge < -0.3 is 5.11 Å². The number of hydrogen-bond donors (Lipinski definition) is 1. The van der Waals surface area contributed by atoms with Crippen LogP contribution in [0.2, 0.25) is 0 Å². The lowest BCUT2D eigenvalue weighted by molar-refractivity contribution is 0.0693. The molecule has 87 valence electrons. The van der Waals surface area contributed by atoms with Crippen molar-refractivity contribution in [3.8, 4) is 0 Å². The summed E-state index contributed by atoms with van der Waals surface area (Å²) < 4.78 is 0. The lowest BCUT2D eigenvalue weighted by atomic mass is 9.98. The highest BCUT2D eigenvalue weighted by Crippen LogP contribution is 2.14. The first-order valence-corrected chi connectivity index (χ1v) is 5.12. The molecular formula is C14H10BO3. The zero-order valence-corrected chi connectivity index (χ0v) is 9.54. The van der Waals surface area contributed by atoms with Crippen LogP contribution in [0.15, 0.2) is 54.6 Å². The van der Waals surface area contributed by atoms with E-state index in [-0.39, 0.29) is 25.3 Å². The molecule has 0 atom stereocenters. The SMILES string of the molecule is O=C(O)c1ccccc1C(=O)c1ccccc1.[B]. The van der Waals surface area contributed by atoms with E-state index in [1.54, 1.807) is 42.5 Å². The fraction of sp³-hybridized carbons (Fsp3) is 0. The Balaban J connectivity index is 0.00000162. The quantitative estimate of drug-likeness (QED) is 0.657. The molecule has 0 heterocycles. The summed E-state index contributed by atoms with van der Waals surface area (Å²) in [6, 6.07) is 14.8. The molecule has 0 saturated carbocycles. The van der Waals surface area contributed by atoms with E-state index in [0.717, 1.165) is 0 Å². The topological polar surface area (TPSA) is 54.4 Å². The van der Waals surface area contributed by atoms with Crippen molar-refractivity contribution in [2.24, 2.45) is 0 Å². The van der Waals surface area contributed by atoms with Gasteiger partial charge in [0, 0.05) is 19.5 Å². The van der Waals surface area contributed by atoms with Crippen molar-refractivity contribution >= 4 is 20.2 Å². The van der Waals surface area contributed by atoms with Gasteiger partial charge in [0.25, 0.3) is 0 Å². The molecule has 0 aliphatic carbocycles. The summed E-state index contributed by atoms with van der Waals surface area (Å²) in [4.78, 5) is 23.1. The van der Waals surface area contributed by atoms with Crippen LogP contribution >= 0.6 is 0 Å². The summed E-state index contributed by atoms with van der Waals surface area (Å²) in [5.74, 6) is -1.37. The highest BCUT2D eigenvalue weighted by atomic mass is 16.4. The molecule has 2 aromatic carbocycles. The maximum absolute atomic E-state index is 12.1. The second-order valence-corrected chi connectivity index (χ2v) is 3.55. The molecule has 0 bridgehead atoms. The number of benzene rings is 2. The first-order valence-electron chi connectivity index (χ1n) is 5.12. The second-order valence-electron chi connectivity index (χ2n) is 3.55. The van der Waals surface area contributed by atoms with Crippen LogP contribution in [0.3, 0.4) is 0 Å². The summed E-state index contributed by atoms with van der Waals surface area (Å²) in [6.07, 6.45) is 0. The van der Waals surface area contributed by atoms with Crippen LogP contribution in [-0.2, 0) is 0 Å². The molecule has 4 heteroatoms. The molecule has 0 aliphatic heterocycles. The zero-order valence-electron chi connectivity index (χ0n) is 9.54. The van der Waals surface area contributed by atoms with Gasteiger partial charge in [0.1, 0.15) is 0 Å². The third kappa shape index (κ3) is 2.66. The minimum atomic E-state index is -1.09. The number of hydrogen-bond acceptors (Lipinski definition) is 2. The maximum Gasteiger partial charge on any atom is 0.336 e. The van der Waals surface area contributed by atoms with E-state index >= 15 is 0 Å². The van der Waals surface area contributed by atoms with Gasteiger partial charge in [-0.3, -0.25) is 4.79 Å². The smallest absolute Gasteiger partial charge is 0.336 e. The third-order valence-electron chi connectivity index (χ3n) is 2.44. The average Bonchev–Trinajstić information content (AvgIpc) is 2.39. The van der Waals surface area contributed by atoms with Crippen LogP contribution in [0.1, 0.15) is 26.3 Å². The number of carboxylic acids is 1. The first-order chi connectivity index (χ1) is 8.20. The molecular weight excluding hydrogens is 227 g/mol. The maximum atomic E-state index is 12.1. The summed E-state index contributed by atoms with van der Waals surface area (Å²) in [5, 5.41) is 9.01. The van der Waals surface area contributed by atoms with Gasteiger partial charge in [-0.15, -0.1) is 0 Å².